The molecule has 0 bridgehead atoms. The molecule has 0 fully saturated rings. The number of anilines is 1. The highest BCUT2D eigenvalue weighted by Gasteiger charge is 2.06. The average molecular weight is 284 g/mol. The minimum absolute atomic E-state index is 0.214. The van der Waals surface area contributed by atoms with Gasteiger partial charge in [0.25, 0.3) is 0 Å². The standard InChI is InChI=1S/C16H16N2O3/c1-10(8-11-2-5-13(19)6-3-11)17-12-4-7-15-14(9-12)18-16(20)21-15/h2-7,9-10,17,19H,8H2,1H3,(H,18,20). The zero-order chi connectivity index (χ0) is 14.8. The zero-order valence-electron chi connectivity index (χ0n) is 11.6. The van der Waals surface area contributed by atoms with Crippen LogP contribution in [0.2, 0.25) is 0 Å². The topological polar surface area (TPSA) is 78.3 Å². The van der Waals surface area contributed by atoms with Crippen LogP contribution in [0.4, 0.5) is 5.69 Å². The quantitative estimate of drug-likeness (QED) is 0.688. The summed E-state index contributed by atoms with van der Waals surface area (Å²) in [6.07, 6.45) is 0.834. The molecule has 1 atom stereocenters. The molecule has 5 nitrogen and oxygen atoms in total. The summed E-state index contributed by atoms with van der Waals surface area (Å²) in [7, 11) is 0. The second-order valence-corrected chi connectivity index (χ2v) is 5.14. The van der Waals surface area contributed by atoms with Crippen LogP contribution >= 0.6 is 0 Å². The molecular weight excluding hydrogens is 268 g/mol. The summed E-state index contributed by atoms with van der Waals surface area (Å²) in [5, 5.41) is 12.7. The number of oxazole rings is 1. The van der Waals surface area contributed by atoms with Crippen molar-refractivity contribution in [3.63, 3.8) is 0 Å². The molecule has 1 heterocycles. The van der Waals surface area contributed by atoms with Gasteiger partial charge in [-0.1, -0.05) is 12.1 Å². The fourth-order valence-electron chi connectivity index (χ4n) is 2.36. The molecule has 0 aliphatic carbocycles. The lowest BCUT2D eigenvalue weighted by Crippen LogP contribution is -2.17. The maximum absolute atomic E-state index is 11.1. The van der Waals surface area contributed by atoms with E-state index in [0.717, 1.165) is 17.7 Å². The van der Waals surface area contributed by atoms with E-state index < -0.39 is 5.76 Å². The molecule has 21 heavy (non-hydrogen) atoms. The Morgan fingerprint density at radius 2 is 2.00 bits per heavy atom. The van der Waals surface area contributed by atoms with Crippen LogP contribution in [0.25, 0.3) is 11.1 Å². The van der Waals surface area contributed by atoms with Gasteiger partial charge < -0.3 is 14.8 Å². The van der Waals surface area contributed by atoms with Crippen LogP contribution in [-0.2, 0) is 6.42 Å². The van der Waals surface area contributed by atoms with E-state index in [9.17, 15) is 9.90 Å². The first-order valence-electron chi connectivity index (χ1n) is 6.77. The Balaban J connectivity index is 1.71. The predicted molar refractivity (Wildman–Crippen MR) is 81.7 cm³/mol. The van der Waals surface area contributed by atoms with Crippen LogP contribution in [0.15, 0.2) is 51.7 Å². The van der Waals surface area contributed by atoms with Crippen LogP contribution in [0.5, 0.6) is 5.75 Å². The summed E-state index contributed by atoms with van der Waals surface area (Å²) >= 11 is 0. The zero-order valence-corrected chi connectivity index (χ0v) is 11.6. The lowest BCUT2D eigenvalue weighted by Gasteiger charge is -2.15. The number of phenolic OH excluding ortho intramolecular Hbond substituents is 1. The van der Waals surface area contributed by atoms with Gasteiger partial charge in [-0.3, -0.25) is 4.98 Å². The van der Waals surface area contributed by atoms with Crippen molar-refractivity contribution in [2.75, 3.05) is 5.32 Å². The van der Waals surface area contributed by atoms with Crippen molar-refractivity contribution < 1.29 is 9.52 Å². The molecule has 0 saturated carbocycles. The molecule has 0 aliphatic rings. The molecule has 0 radical (unpaired) electrons. The van der Waals surface area contributed by atoms with E-state index in [-0.39, 0.29) is 11.8 Å². The smallest absolute Gasteiger partial charge is 0.417 e. The second-order valence-electron chi connectivity index (χ2n) is 5.14. The predicted octanol–water partition coefficient (Wildman–Crippen LogP) is 2.87. The Kier molecular flexibility index (Phi) is 3.39. The van der Waals surface area contributed by atoms with E-state index in [1.54, 1.807) is 18.2 Å². The van der Waals surface area contributed by atoms with Gasteiger partial charge in [0.2, 0.25) is 0 Å². The molecule has 108 valence electrons. The Morgan fingerprint density at radius 3 is 2.76 bits per heavy atom. The molecule has 0 aliphatic heterocycles. The molecule has 5 heteroatoms. The normalized spacial score (nSPS) is 12.4. The van der Waals surface area contributed by atoms with Gasteiger partial charge in [-0.15, -0.1) is 0 Å². The maximum atomic E-state index is 11.1. The summed E-state index contributed by atoms with van der Waals surface area (Å²) in [5.74, 6) is -0.173. The Labute approximate surface area is 121 Å². The summed E-state index contributed by atoms with van der Waals surface area (Å²) in [6.45, 7) is 2.08. The lowest BCUT2D eigenvalue weighted by atomic mass is 10.1. The van der Waals surface area contributed by atoms with Crippen molar-refractivity contribution in [1.29, 1.82) is 0 Å². The molecule has 3 aromatic rings. The highest BCUT2D eigenvalue weighted by molar-refractivity contribution is 5.76. The first-order chi connectivity index (χ1) is 10.1. The number of benzene rings is 2. The number of aromatic amines is 1. The Hall–Kier alpha value is -2.69. The number of fused-ring (bicyclic) bond motifs is 1. The van der Waals surface area contributed by atoms with Crippen molar-refractivity contribution in [1.82, 2.24) is 4.98 Å². The van der Waals surface area contributed by atoms with Crippen molar-refractivity contribution in [3.8, 4) is 5.75 Å². The van der Waals surface area contributed by atoms with Gasteiger partial charge in [-0.25, -0.2) is 4.79 Å². The molecule has 3 rings (SSSR count). The van der Waals surface area contributed by atoms with Gasteiger partial charge >= 0.3 is 5.76 Å². The third kappa shape index (κ3) is 3.08. The lowest BCUT2D eigenvalue weighted by molar-refractivity contribution is 0.475. The fraction of sp³-hybridized carbons (Fsp3) is 0.188. The molecule has 3 N–H and O–H groups in total. The van der Waals surface area contributed by atoms with E-state index in [1.807, 2.05) is 24.3 Å². The number of phenols is 1. The van der Waals surface area contributed by atoms with Gasteiger partial charge in [-0.2, -0.15) is 0 Å². The van der Waals surface area contributed by atoms with E-state index in [2.05, 4.69) is 17.2 Å². The molecule has 2 aromatic carbocycles. The SMILES string of the molecule is CC(Cc1ccc(O)cc1)Nc1ccc2oc(=O)[nH]c2c1. The Bertz CT molecular complexity index is 802. The molecule has 0 spiro atoms. The number of hydrogen-bond acceptors (Lipinski definition) is 4. The summed E-state index contributed by atoms with van der Waals surface area (Å²) < 4.78 is 4.97. The van der Waals surface area contributed by atoms with Crippen LogP contribution < -0.4 is 11.1 Å². The molecule has 0 amide bonds. The first kappa shape index (κ1) is 13.3. The third-order valence-electron chi connectivity index (χ3n) is 3.31. The largest absolute Gasteiger partial charge is 0.508 e. The molecular formula is C16H16N2O3. The summed E-state index contributed by atoms with van der Waals surface area (Å²) in [4.78, 5) is 13.8. The van der Waals surface area contributed by atoms with Crippen LogP contribution in [0, 0.1) is 0 Å². The average Bonchev–Trinajstić information content (AvgIpc) is 2.80. The number of hydrogen-bond donors (Lipinski definition) is 3. The molecule has 0 saturated heterocycles. The minimum atomic E-state index is -0.445. The number of aromatic nitrogens is 1. The van der Waals surface area contributed by atoms with Crippen LogP contribution in [0.3, 0.4) is 0 Å². The van der Waals surface area contributed by atoms with Gasteiger partial charge in [0, 0.05) is 11.7 Å². The highest BCUT2D eigenvalue weighted by atomic mass is 16.4. The highest BCUT2D eigenvalue weighted by Crippen LogP contribution is 2.18. The van der Waals surface area contributed by atoms with Gasteiger partial charge in [-0.05, 0) is 49.2 Å². The van der Waals surface area contributed by atoms with Gasteiger partial charge in [0.05, 0.1) is 5.52 Å². The minimum Gasteiger partial charge on any atom is -0.508 e. The molecule has 1 unspecified atom stereocenters. The fourth-order valence-corrected chi connectivity index (χ4v) is 2.36. The van der Waals surface area contributed by atoms with E-state index in [0.29, 0.717) is 11.1 Å². The summed E-state index contributed by atoms with van der Waals surface area (Å²) in [5.41, 5.74) is 3.30. The number of aromatic hydroxyl groups is 1. The number of H-pyrrole nitrogens is 1. The van der Waals surface area contributed by atoms with Crippen LogP contribution in [-0.4, -0.2) is 16.1 Å². The maximum Gasteiger partial charge on any atom is 0.417 e. The van der Waals surface area contributed by atoms with Crippen molar-refractivity contribution in [2.24, 2.45) is 0 Å². The number of rotatable bonds is 4. The van der Waals surface area contributed by atoms with Gasteiger partial charge in [0.1, 0.15) is 5.75 Å². The monoisotopic (exact) mass is 284 g/mol. The van der Waals surface area contributed by atoms with Gasteiger partial charge in [0.15, 0.2) is 5.58 Å². The van der Waals surface area contributed by atoms with Crippen molar-refractivity contribution in [2.45, 2.75) is 19.4 Å². The van der Waals surface area contributed by atoms with Crippen molar-refractivity contribution >= 4 is 16.8 Å². The van der Waals surface area contributed by atoms with Crippen molar-refractivity contribution in [3.05, 3.63) is 58.6 Å². The summed E-state index contributed by atoms with van der Waals surface area (Å²) in [6, 6.07) is 12.9. The van der Waals surface area contributed by atoms with E-state index in [4.69, 9.17) is 4.42 Å². The first-order valence-corrected chi connectivity index (χ1v) is 6.77. The van der Waals surface area contributed by atoms with E-state index in [1.165, 1.54) is 0 Å². The number of nitrogens with one attached hydrogen (secondary N) is 2. The second kappa shape index (κ2) is 5.36. The molecule has 1 aromatic heterocycles. The third-order valence-corrected chi connectivity index (χ3v) is 3.31. The Morgan fingerprint density at radius 1 is 1.24 bits per heavy atom. The van der Waals surface area contributed by atoms with Crippen LogP contribution in [0.1, 0.15) is 12.5 Å². The van der Waals surface area contributed by atoms with E-state index >= 15 is 0 Å².